The molecule has 4 saturated carbocycles. The summed E-state index contributed by atoms with van der Waals surface area (Å²) in [6.07, 6.45) is 11.3. The van der Waals surface area contributed by atoms with Crippen molar-refractivity contribution in [3.05, 3.63) is 0 Å². The molecule has 5 fully saturated rings. The van der Waals surface area contributed by atoms with E-state index in [1.807, 2.05) is 20.8 Å². The number of ether oxygens (including phenoxy) is 1. The predicted molar refractivity (Wildman–Crippen MR) is 150 cm³/mol. The zero-order valence-corrected chi connectivity index (χ0v) is 24.7. The van der Waals surface area contributed by atoms with Gasteiger partial charge in [0.1, 0.15) is 6.04 Å². The van der Waals surface area contributed by atoms with Gasteiger partial charge < -0.3 is 15.2 Å². The largest absolute Gasteiger partial charge is 0.462 e. The number of amides is 1. The van der Waals surface area contributed by atoms with Crippen molar-refractivity contribution in [1.82, 2.24) is 10.6 Å². The molecule has 2 unspecified atom stereocenters. The minimum absolute atomic E-state index is 0.0152. The quantitative estimate of drug-likeness (QED) is 0.184. The first-order valence-electron chi connectivity index (χ1n) is 15.6. The van der Waals surface area contributed by atoms with Gasteiger partial charge >= 0.3 is 12.1 Å². The van der Waals surface area contributed by atoms with Crippen LogP contribution in [-0.4, -0.2) is 53.7 Å². The summed E-state index contributed by atoms with van der Waals surface area (Å²) in [5.41, 5.74) is 1.53. The molecule has 8 nitrogen and oxygen atoms in total. The summed E-state index contributed by atoms with van der Waals surface area (Å²) in [5.74, 6) is 3.04. The summed E-state index contributed by atoms with van der Waals surface area (Å²) in [6.45, 7) is 11.1. The summed E-state index contributed by atoms with van der Waals surface area (Å²) in [6, 6.07) is -0.301. The van der Waals surface area contributed by atoms with Gasteiger partial charge in [0.2, 0.25) is 0 Å². The van der Waals surface area contributed by atoms with E-state index in [0.29, 0.717) is 36.1 Å². The molecular weight excluding hydrogens is 494 g/mol. The van der Waals surface area contributed by atoms with Crippen LogP contribution in [0.3, 0.4) is 0 Å². The Balaban J connectivity index is 1.13. The van der Waals surface area contributed by atoms with Crippen LogP contribution in [0.15, 0.2) is 5.16 Å². The normalized spacial score (nSPS) is 43.8. The Morgan fingerprint density at radius 1 is 1.00 bits per heavy atom. The van der Waals surface area contributed by atoms with Gasteiger partial charge in [0.25, 0.3) is 0 Å². The van der Waals surface area contributed by atoms with Crippen LogP contribution in [0.5, 0.6) is 0 Å². The van der Waals surface area contributed by atoms with Gasteiger partial charge in [0.05, 0.1) is 17.9 Å². The topological polar surface area (TPSA) is 109 Å². The molecule has 0 aromatic carbocycles. The summed E-state index contributed by atoms with van der Waals surface area (Å²) < 4.78 is 5.29. The van der Waals surface area contributed by atoms with E-state index in [-0.39, 0.29) is 35.7 Å². The van der Waals surface area contributed by atoms with Crippen molar-refractivity contribution in [3.63, 3.8) is 0 Å². The lowest BCUT2D eigenvalue weighted by molar-refractivity contribution is -0.149. The van der Waals surface area contributed by atoms with E-state index in [2.05, 4.69) is 29.6 Å². The average molecular weight is 546 g/mol. The maximum absolute atomic E-state index is 12.4. The van der Waals surface area contributed by atoms with Crippen LogP contribution in [0.25, 0.3) is 0 Å². The predicted octanol–water partition coefficient (Wildman–Crippen LogP) is 5.18. The summed E-state index contributed by atoms with van der Waals surface area (Å²) >= 11 is 0. The Kier molecular flexibility index (Phi) is 8.36. The molecular formula is C31H51N3O5. The summed E-state index contributed by atoms with van der Waals surface area (Å²) in [5, 5.41) is 20.7. The van der Waals surface area contributed by atoms with Crippen LogP contribution in [0.4, 0.5) is 4.79 Å². The van der Waals surface area contributed by atoms with Gasteiger partial charge in [-0.05, 0) is 126 Å². The SMILES string of the molecule is C/C(=N\OC(=O)NCC1CCC(C(=O)OC(C)C)N1)[C@H]1CC[C@H]2[C@@H]3CC[C@@H]4C[C@@H](O)CC[C@]4(C)[C@H]3CC[C@]12C. The van der Waals surface area contributed by atoms with Crippen LogP contribution in [0.1, 0.15) is 105 Å². The molecule has 39 heavy (non-hydrogen) atoms. The highest BCUT2D eigenvalue weighted by molar-refractivity contribution is 5.85. The molecule has 8 heteroatoms. The highest BCUT2D eigenvalue weighted by atomic mass is 16.7. The minimum atomic E-state index is -0.543. The van der Waals surface area contributed by atoms with Crippen LogP contribution < -0.4 is 10.6 Å². The third-order valence-electron chi connectivity index (χ3n) is 11.8. The number of fused-ring (bicyclic) bond motifs is 5. The van der Waals surface area contributed by atoms with E-state index in [0.717, 1.165) is 43.2 Å². The maximum atomic E-state index is 12.4. The molecule has 0 aromatic heterocycles. The van der Waals surface area contributed by atoms with Crippen LogP contribution in [0, 0.1) is 40.4 Å². The summed E-state index contributed by atoms with van der Waals surface area (Å²) in [4.78, 5) is 29.9. The Morgan fingerprint density at radius 2 is 1.74 bits per heavy atom. The highest BCUT2D eigenvalue weighted by Gasteiger charge is 2.60. The number of aliphatic hydroxyl groups is 1. The van der Waals surface area contributed by atoms with E-state index in [1.165, 1.54) is 38.5 Å². The fourth-order valence-electron chi connectivity index (χ4n) is 9.82. The molecule has 0 spiro atoms. The van der Waals surface area contributed by atoms with Crippen molar-refractivity contribution < 1.29 is 24.3 Å². The van der Waals surface area contributed by atoms with Crippen LogP contribution in [-0.2, 0) is 14.4 Å². The molecule has 220 valence electrons. The van der Waals surface area contributed by atoms with Crippen molar-refractivity contribution in [3.8, 4) is 0 Å². The molecule has 0 radical (unpaired) electrons. The zero-order valence-electron chi connectivity index (χ0n) is 24.7. The van der Waals surface area contributed by atoms with Crippen molar-refractivity contribution >= 4 is 17.8 Å². The first-order valence-corrected chi connectivity index (χ1v) is 15.6. The lowest BCUT2D eigenvalue weighted by Crippen LogP contribution is -2.54. The smallest absolute Gasteiger partial charge is 0.433 e. The van der Waals surface area contributed by atoms with E-state index < -0.39 is 6.09 Å². The van der Waals surface area contributed by atoms with Crippen LogP contribution >= 0.6 is 0 Å². The first kappa shape index (κ1) is 28.8. The third kappa shape index (κ3) is 5.61. The van der Waals surface area contributed by atoms with Crippen molar-refractivity contribution in [2.75, 3.05) is 6.54 Å². The molecule has 1 saturated heterocycles. The van der Waals surface area contributed by atoms with Crippen molar-refractivity contribution in [1.29, 1.82) is 0 Å². The second kappa shape index (κ2) is 11.3. The standard InChI is InChI=1S/C31H51N3O5/c1-18(2)38-28(36)27-11-7-21(33-27)17-32-29(37)39-34-19(3)24-9-10-25-23-8-6-20-16-22(35)12-14-30(20,4)26(23)13-15-31(24,25)5/h18,20-27,33,35H,6-17H2,1-5H3,(H,32,37)/b34-19+/t20-,21?,22+,23+,24-,25+,26+,27?,30+,31-/m1/s1. The lowest BCUT2D eigenvalue weighted by atomic mass is 9.44. The fraction of sp³-hybridized carbons (Fsp3) is 0.903. The van der Waals surface area contributed by atoms with Gasteiger partial charge in [-0.1, -0.05) is 19.0 Å². The van der Waals surface area contributed by atoms with E-state index in [1.54, 1.807) is 0 Å². The van der Waals surface area contributed by atoms with Gasteiger partial charge in [-0.25, -0.2) is 4.79 Å². The number of nitrogens with one attached hydrogen (secondary N) is 2. The van der Waals surface area contributed by atoms with Gasteiger partial charge in [0, 0.05) is 18.5 Å². The molecule has 3 N–H and O–H groups in total. The number of aliphatic hydroxyl groups excluding tert-OH is 1. The Hall–Kier alpha value is -1.67. The Bertz CT molecular complexity index is 955. The van der Waals surface area contributed by atoms with Crippen LogP contribution in [0.2, 0.25) is 0 Å². The first-order chi connectivity index (χ1) is 18.5. The molecule has 0 aromatic rings. The number of hydrogen-bond acceptors (Lipinski definition) is 7. The highest BCUT2D eigenvalue weighted by Crippen LogP contribution is 2.67. The van der Waals surface area contributed by atoms with Crippen molar-refractivity contribution in [2.45, 2.75) is 130 Å². The zero-order chi connectivity index (χ0) is 27.9. The maximum Gasteiger partial charge on any atom is 0.433 e. The molecule has 5 aliphatic rings. The molecule has 1 amide bonds. The van der Waals surface area contributed by atoms with Gasteiger partial charge in [-0.3, -0.25) is 14.9 Å². The van der Waals surface area contributed by atoms with Gasteiger partial charge in [0.15, 0.2) is 0 Å². The molecule has 5 rings (SSSR count). The lowest BCUT2D eigenvalue weighted by Gasteiger charge is -2.61. The average Bonchev–Trinajstić information content (AvgIpc) is 3.50. The second-order valence-electron chi connectivity index (χ2n) is 14.2. The Morgan fingerprint density at radius 3 is 2.51 bits per heavy atom. The number of esters is 1. The van der Waals surface area contributed by atoms with Gasteiger partial charge in [-0.15, -0.1) is 0 Å². The minimum Gasteiger partial charge on any atom is -0.462 e. The fourth-order valence-corrected chi connectivity index (χ4v) is 9.82. The molecule has 4 aliphatic carbocycles. The number of carbonyl (C=O) groups excluding carboxylic acids is 2. The number of rotatable bonds is 6. The number of oxime groups is 1. The number of hydrogen-bond donors (Lipinski definition) is 3. The van der Waals surface area contributed by atoms with Crippen molar-refractivity contribution in [2.24, 2.45) is 45.6 Å². The summed E-state index contributed by atoms with van der Waals surface area (Å²) in [7, 11) is 0. The molecule has 10 atom stereocenters. The van der Waals surface area contributed by atoms with Gasteiger partial charge in [-0.2, -0.15) is 0 Å². The van der Waals surface area contributed by atoms with E-state index in [9.17, 15) is 14.7 Å². The van der Waals surface area contributed by atoms with E-state index >= 15 is 0 Å². The monoisotopic (exact) mass is 545 g/mol. The third-order valence-corrected chi connectivity index (χ3v) is 11.8. The molecule has 1 heterocycles. The number of nitrogens with zero attached hydrogens (tertiary/aromatic N) is 1. The van der Waals surface area contributed by atoms with E-state index in [4.69, 9.17) is 9.57 Å². The Labute approximate surface area is 234 Å². The number of carbonyl (C=O) groups is 2. The molecule has 0 bridgehead atoms. The molecule has 1 aliphatic heterocycles. The second-order valence-corrected chi connectivity index (χ2v) is 14.2.